The molecule has 1 aromatic rings. The molecule has 1 atom stereocenters. The minimum Gasteiger partial charge on any atom is -0.241 e. The maximum atomic E-state index is 4.11. The predicted octanol–water partition coefficient (Wildman–Crippen LogP) is 1.79. The molecular formula is C8H11N2. The lowest BCUT2D eigenvalue weighted by Gasteiger charge is -2.03. The van der Waals surface area contributed by atoms with Crippen molar-refractivity contribution in [2.45, 2.75) is 26.2 Å². The van der Waals surface area contributed by atoms with Gasteiger partial charge < -0.3 is 0 Å². The second kappa shape index (κ2) is 3.30. The van der Waals surface area contributed by atoms with E-state index in [2.05, 4.69) is 30.0 Å². The Labute approximate surface area is 61.3 Å². The van der Waals surface area contributed by atoms with Gasteiger partial charge in [0.2, 0.25) is 0 Å². The average molecular weight is 135 g/mol. The molecule has 1 aromatic heterocycles. The summed E-state index contributed by atoms with van der Waals surface area (Å²) in [7, 11) is 0. The summed E-state index contributed by atoms with van der Waals surface area (Å²) in [5.41, 5.74) is 0. The van der Waals surface area contributed by atoms with E-state index in [1.165, 1.54) is 0 Å². The van der Waals surface area contributed by atoms with Gasteiger partial charge in [-0.25, -0.2) is 9.97 Å². The zero-order valence-corrected chi connectivity index (χ0v) is 6.33. The Morgan fingerprint density at radius 1 is 1.70 bits per heavy atom. The molecule has 1 unspecified atom stereocenters. The Balaban J connectivity index is 2.75. The molecule has 2 nitrogen and oxygen atoms in total. The summed E-state index contributed by atoms with van der Waals surface area (Å²) < 4.78 is 0. The molecule has 2 heteroatoms. The van der Waals surface area contributed by atoms with Gasteiger partial charge in [0.25, 0.3) is 0 Å². The van der Waals surface area contributed by atoms with Gasteiger partial charge in [0.1, 0.15) is 5.82 Å². The second-order valence-corrected chi connectivity index (χ2v) is 2.35. The summed E-state index contributed by atoms with van der Waals surface area (Å²) in [6.45, 7) is 4.24. The van der Waals surface area contributed by atoms with Gasteiger partial charge in [-0.2, -0.15) is 0 Å². The third-order valence-electron chi connectivity index (χ3n) is 1.59. The first kappa shape index (κ1) is 7.19. The third-order valence-corrected chi connectivity index (χ3v) is 1.59. The monoisotopic (exact) mass is 135 g/mol. The Hall–Kier alpha value is -0.920. The van der Waals surface area contributed by atoms with E-state index in [4.69, 9.17) is 0 Å². The molecule has 1 heterocycles. The molecule has 0 aliphatic heterocycles. The number of hydrogen-bond acceptors (Lipinski definition) is 2. The van der Waals surface area contributed by atoms with Crippen LogP contribution < -0.4 is 0 Å². The summed E-state index contributed by atoms with van der Waals surface area (Å²) >= 11 is 0. The molecule has 0 aliphatic carbocycles. The highest BCUT2D eigenvalue weighted by atomic mass is 14.9. The summed E-state index contributed by atoms with van der Waals surface area (Å²) in [4.78, 5) is 8.12. The average Bonchev–Trinajstić information content (AvgIpc) is 2.05. The van der Waals surface area contributed by atoms with Crippen molar-refractivity contribution in [1.82, 2.24) is 9.97 Å². The van der Waals surface area contributed by atoms with Crippen LogP contribution in [0.2, 0.25) is 0 Å². The van der Waals surface area contributed by atoms with E-state index in [1.54, 1.807) is 12.3 Å². The van der Waals surface area contributed by atoms with Crippen LogP contribution in [-0.4, -0.2) is 9.97 Å². The number of rotatable bonds is 2. The molecule has 10 heavy (non-hydrogen) atoms. The number of hydrogen-bond donors (Lipinski definition) is 0. The van der Waals surface area contributed by atoms with E-state index in [9.17, 15) is 0 Å². The Kier molecular flexibility index (Phi) is 2.37. The van der Waals surface area contributed by atoms with Crippen molar-refractivity contribution in [3.05, 3.63) is 24.3 Å². The Morgan fingerprint density at radius 2 is 2.50 bits per heavy atom. The van der Waals surface area contributed by atoms with Crippen molar-refractivity contribution >= 4 is 0 Å². The molecule has 0 aliphatic rings. The van der Waals surface area contributed by atoms with Gasteiger partial charge in [-0.3, -0.25) is 0 Å². The molecule has 53 valence electrons. The van der Waals surface area contributed by atoms with Crippen molar-refractivity contribution in [1.29, 1.82) is 0 Å². The summed E-state index contributed by atoms with van der Waals surface area (Å²) in [6, 6.07) is 1.71. The number of aromatic nitrogens is 2. The molecular weight excluding hydrogens is 124 g/mol. The van der Waals surface area contributed by atoms with Crippen LogP contribution in [0.4, 0.5) is 0 Å². The fourth-order valence-electron chi connectivity index (χ4n) is 0.699. The molecule has 0 saturated carbocycles. The van der Waals surface area contributed by atoms with Crippen LogP contribution in [0.25, 0.3) is 0 Å². The van der Waals surface area contributed by atoms with Gasteiger partial charge in [-0.15, -0.1) is 0 Å². The van der Waals surface area contributed by atoms with Crippen LogP contribution in [0, 0.1) is 6.20 Å². The highest BCUT2D eigenvalue weighted by Crippen LogP contribution is 2.11. The minimum absolute atomic E-state index is 0.456. The molecule has 1 rings (SSSR count). The second-order valence-electron chi connectivity index (χ2n) is 2.35. The van der Waals surface area contributed by atoms with E-state index < -0.39 is 0 Å². The fourth-order valence-corrected chi connectivity index (χ4v) is 0.699. The van der Waals surface area contributed by atoms with Crippen LogP contribution in [0.3, 0.4) is 0 Å². The Morgan fingerprint density at radius 3 is 3.00 bits per heavy atom. The molecule has 0 bridgehead atoms. The number of nitrogens with zero attached hydrogens (tertiary/aromatic N) is 2. The van der Waals surface area contributed by atoms with Crippen molar-refractivity contribution in [2.75, 3.05) is 0 Å². The van der Waals surface area contributed by atoms with Gasteiger partial charge in [0.15, 0.2) is 0 Å². The lowest BCUT2D eigenvalue weighted by Crippen LogP contribution is -1.97. The van der Waals surface area contributed by atoms with Crippen molar-refractivity contribution in [3.63, 3.8) is 0 Å². The first-order chi connectivity index (χ1) is 4.84. The molecule has 0 amide bonds. The smallest absolute Gasteiger partial charge is 0.131 e. The predicted molar refractivity (Wildman–Crippen MR) is 39.6 cm³/mol. The fraction of sp³-hybridized carbons (Fsp3) is 0.500. The summed E-state index contributed by atoms with van der Waals surface area (Å²) in [5.74, 6) is 1.35. The quantitative estimate of drug-likeness (QED) is 0.617. The summed E-state index contributed by atoms with van der Waals surface area (Å²) in [5, 5.41) is 0. The van der Waals surface area contributed by atoms with E-state index in [1.807, 2.05) is 0 Å². The van der Waals surface area contributed by atoms with E-state index in [-0.39, 0.29) is 0 Å². The van der Waals surface area contributed by atoms with E-state index in [0.29, 0.717) is 5.92 Å². The Bertz CT molecular complexity index is 184. The maximum Gasteiger partial charge on any atom is 0.131 e. The van der Waals surface area contributed by atoms with Gasteiger partial charge in [0, 0.05) is 12.1 Å². The van der Waals surface area contributed by atoms with Crippen LogP contribution in [-0.2, 0) is 0 Å². The van der Waals surface area contributed by atoms with Crippen molar-refractivity contribution in [2.24, 2.45) is 0 Å². The zero-order chi connectivity index (χ0) is 7.40. The molecule has 0 fully saturated rings. The van der Waals surface area contributed by atoms with Crippen molar-refractivity contribution < 1.29 is 0 Å². The topological polar surface area (TPSA) is 25.8 Å². The standard InChI is InChI=1S/C8H11N2/c1-3-7(2)8-9-5-4-6-10-8/h4-5,7H,3H2,1-2H3. The van der Waals surface area contributed by atoms with Crippen LogP contribution in [0.1, 0.15) is 32.0 Å². The highest BCUT2D eigenvalue weighted by molar-refractivity contribution is 4.93. The molecule has 0 saturated heterocycles. The van der Waals surface area contributed by atoms with Crippen LogP contribution in [0.15, 0.2) is 12.3 Å². The zero-order valence-electron chi connectivity index (χ0n) is 6.33. The van der Waals surface area contributed by atoms with E-state index >= 15 is 0 Å². The molecule has 0 aromatic carbocycles. The largest absolute Gasteiger partial charge is 0.241 e. The molecule has 0 N–H and O–H groups in total. The minimum atomic E-state index is 0.456. The maximum absolute atomic E-state index is 4.11. The van der Waals surface area contributed by atoms with Crippen LogP contribution >= 0.6 is 0 Å². The van der Waals surface area contributed by atoms with Gasteiger partial charge in [-0.05, 0) is 12.5 Å². The van der Waals surface area contributed by atoms with Crippen LogP contribution in [0.5, 0.6) is 0 Å². The first-order valence-corrected chi connectivity index (χ1v) is 3.53. The van der Waals surface area contributed by atoms with Gasteiger partial charge in [0.05, 0.1) is 6.20 Å². The lowest BCUT2D eigenvalue weighted by atomic mass is 10.1. The van der Waals surface area contributed by atoms with E-state index in [0.717, 1.165) is 12.2 Å². The summed E-state index contributed by atoms with van der Waals surface area (Å²) in [6.07, 6.45) is 5.58. The van der Waals surface area contributed by atoms with Gasteiger partial charge >= 0.3 is 0 Å². The molecule has 1 radical (unpaired) electrons. The molecule has 0 spiro atoms. The van der Waals surface area contributed by atoms with Crippen molar-refractivity contribution in [3.8, 4) is 0 Å². The van der Waals surface area contributed by atoms with Gasteiger partial charge in [-0.1, -0.05) is 13.8 Å². The normalized spacial score (nSPS) is 13.0. The highest BCUT2D eigenvalue weighted by Gasteiger charge is 2.02. The third kappa shape index (κ3) is 1.53. The first-order valence-electron chi connectivity index (χ1n) is 3.53. The lowest BCUT2D eigenvalue weighted by molar-refractivity contribution is 0.677. The SMILES string of the molecule is CCC(C)c1n[c]ccn1.